The van der Waals surface area contributed by atoms with Crippen molar-refractivity contribution in [3.05, 3.63) is 5.69 Å². The molecule has 0 aromatic carbocycles. The Balaban J connectivity index is 3.19. The van der Waals surface area contributed by atoms with Crippen LogP contribution in [0.3, 0.4) is 0 Å². The number of sulfonamides is 1. The van der Waals surface area contributed by atoms with Crippen LogP contribution in [0.5, 0.6) is 0 Å². The zero-order valence-corrected chi connectivity index (χ0v) is 14.1. The van der Waals surface area contributed by atoms with Gasteiger partial charge in [-0.2, -0.15) is 4.31 Å². The summed E-state index contributed by atoms with van der Waals surface area (Å²) in [5, 5.41) is 0.275. The van der Waals surface area contributed by atoms with Crippen molar-refractivity contribution in [3.8, 4) is 0 Å². The number of anilines is 1. The summed E-state index contributed by atoms with van der Waals surface area (Å²) in [6.45, 7) is 6.33. The smallest absolute Gasteiger partial charge is 0.254 e. The van der Waals surface area contributed by atoms with Gasteiger partial charge < -0.3 is 10.5 Å². The van der Waals surface area contributed by atoms with E-state index in [2.05, 4.69) is 4.98 Å². The summed E-state index contributed by atoms with van der Waals surface area (Å²) in [6.07, 6.45) is 1.51. The molecule has 0 saturated carbocycles. The molecule has 0 aliphatic carbocycles. The van der Waals surface area contributed by atoms with Crippen LogP contribution in [0.4, 0.5) is 5.13 Å². The summed E-state index contributed by atoms with van der Waals surface area (Å²) in [5.41, 5.74) is 6.08. The zero-order chi connectivity index (χ0) is 15.3. The number of rotatable bonds is 8. The SMILES string of the molecule is CCC(CC)N(CCOC)S(=O)(=O)c1sc(N)nc1C. The van der Waals surface area contributed by atoms with Gasteiger partial charge in [0.05, 0.1) is 12.3 Å². The third-order valence-electron chi connectivity index (χ3n) is 3.18. The molecule has 0 amide bonds. The van der Waals surface area contributed by atoms with Gasteiger partial charge >= 0.3 is 0 Å². The number of nitrogens with two attached hydrogens (primary N) is 1. The molecule has 0 bridgehead atoms. The maximum atomic E-state index is 12.8. The minimum atomic E-state index is -3.58. The van der Waals surface area contributed by atoms with Crippen molar-refractivity contribution >= 4 is 26.5 Å². The molecule has 0 spiro atoms. The van der Waals surface area contributed by atoms with E-state index in [1.54, 1.807) is 14.0 Å². The van der Waals surface area contributed by atoms with Crippen LogP contribution in [0.1, 0.15) is 32.4 Å². The molecular weight excluding hydrogens is 298 g/mol. The van der Waals surface area contributed by atoms with Crippen molar-refractivity contribution in [2.24, 2.45) is 0 Å². The fourth-order valence-electron chi connectivity index (χ4n) is 2.12. The van der Waals surface area contributed by atoms with Crippen LogP contribution >= 0.6 is 11.3 Å². The second-order valence-corrected chi connectivity index (χ2v) is 7.62. The molecule has 1 heterocycles. The molecule has 0 aliphatic heterocycles. The normalized spacial score (nSPS) is 12.5. The minimum absolute atomic E-state index is 0.0436. The predicted octanol–water partition coefficient (Wildman–Crippen LogP) is 1.86. The van der Waals surface area contributed by atoms with Crippen LogP contribution in [-0.2, 0) is 14.8 Å². The van der Waals surface area contributed by atoms with Crippen LogP contribution < -0.4 is 5.73 Å². The van der Waals surface area contributed by atoms with E-state index in [1.807, 2.05) is 13.8 Å². The van der Waals surface area contributed by atoms with Gasteiger partial charge in [-0.3, -0.25) is 0 Å². The molecule has 1 aromatic heterocycles. The summed E-state index contributed by atoms with van der Waals surface area (Å²) >= 11 is 1.02. The van der Waals surface area contributed by atoms with E-state index in [1.165, 1.54) is 4.31 Å². The van der Waals surface area contributed by atoms with Crippen LogP contribution in [0.25, 0.3) is 0 Å². The van der Waals surface area contributed by atoms with Crippen molar-refractivity contribution in [2.45, 2.75) is 43.9 Å². The Hall–Kier alpha value is -0.700. The highest BCUT2D eigenvalue weighted by Gasteiger charge is 2.32. The monoisotopic (exact) mass is 321 g/mol. The highest BCUT2D eigenvalue weighted by Crippen LogP contribution is 2.30. The van der Waals surface area contributed by atoms with E-state index in [9.17, 15) is 8.42 Å². The van der Waals surface area contributed by atoms with Crippen molar-refractivity contribution < 1.29 is 13.2 Å². The molecule has 0 fully saturated rings. The number of aryl methyl sites for hydroxylation is 1. The first-order valence-electron chi connectivity index (χ1n) is 6.62. The Kier molecular flexibility index (Phi) is 6.38. The molecule has 0 atom stereocenters. The Morgan fingerprint density at radius 2 is 2.00 bits per heavy atom. The maximum Gasteiger partial charge on any atom is 0.254 e. The second-order valence-electron chi connectivity index (χ2n) is 4.50. The van der Waals surface area contributed by atoms with Gasteiger partial charge in [-0.05, 0) is 19.8 Å². The largest absolute Gasteiger partial charge is 0.383 e. The number of hydrogen-bond acceptors (Lipinski definition) is 6. The van der Waals surface area contributed by atoms with E-state index >= 15 is 0 Å². The molecule has 8 heteroatoms. The van der Waals surface area contributed by atoms with Crippen LogP contribution in [-0.4, -0.2) is 44.0 Å². The summed E-state index contributed by atoms with van der Waals surface area (Å²) in [7, 11) is -2.01. The lowest BCUT2D eigenvalue weighted by Crippen LogP contribution is -2.41. The number of thiazole rings is 1. The topological polar surface area (TPSA) is 85.5 Å². The lowest BCUT2D eigenvalue weighted by molar-refractivity contribution is 0.163. The van der Waals surface area contributed by atoms with Gasteiger partial charge in [-0.15, -0.1) is 0 Å². The highest BCUT2D eigenvalue weighted by molar-refractivity contribution is 7.91. The summed E-state index contributed by atoms with van der Waals surface area (Å²) in [5.74, 6) is 0. The Morgan fingerprint density at radius 1 is 1.40 bits per heavy atom. The number of nitrogens with zero attached hydrogens (tertiary/aromatic N) is 2. The zero-order valence-electron chi connectivity index (χ0n) is 12.4. The number of ether oxygens (including phenoxy) is 1. The summed E-state index contributed by atoms with van der Waals surface area (Å²) < 4.78 is 32.4. The average Bonchev–Trinajstić information content (AvgIpc) is 2.74. The molecule has 6 nitrogen and oxygen atoms in total. The molecule has 2 N–H and O–H groups in total. The van der Waals surface area contributed by atoms with Gasteiger partial charge in [-0.1, -0.05) is 25.2 Å². The summed E-state index contributed by atoms with van der Waals surface area (Å²) in [6, 6.07) is -0.0436. The van der Waals surface area contributed by atoms with E-state index in [4.69, 9.17) is 10.5 Å². The minimum Gasteiger partial charge on any atom is -0.383 e. The van der Waals surface area contributed by atoms with Crippen molar-refractivity contribution in [1.82, 2.24) is 9.29 Å². The molecule has 1 rings (SSSR count). The van der Waals surface area contributed by atoms with E-state index in [0.717, 1.165) is 24.2 Å². The molecule has 0 aliphatic rings. The van der Waals surface area contributed by atoms with Gasteiger partial charge in [0.1, 0.15) is 0 Å². The fraction of sp³-hybridized carbons (Fsp3) is 0.750. The van der Waals surface area contributed by atoms with E-state index in [0.29, 0.717) is 18.8 Å². The quantitative estimate of drug-likeness (QED) is 0.790. The number of nitrogen functional groups attached to an aromatic ring is 1. The summed E-state index contributed by atoms with van der Waals surface area (Å²) in [4.78, 5) is 4.01. The standard InChI is InChI=1S/C12H23N3O3S2/c1-5-10(6-2)15(7-8-18-4)20(16,17)11-9(3)14-12(13)19-11/h10H,5-8H2,1-4H3,(H2,13,14). The first kappa shape index (κ1) is 17.4. The Labute approximate surface area is 125 Å². The molecule has 116 valence electrons. The third-order valence-corrected chi connectivity index (χ3v) is 6.70. The molecular formula is C12H23N3O3S2. The lowest BCUT2D eigenvalue weighted by atomic mass is 10.2. The number of aromatic nitrogens is 1. The highest BCUT2D eigenvalue weighted by atomic mass is 32.2. The predicted molar refractivity (Wildman–Crippen MR) is 81.4 cm³/mol. The molecule has 0 saturated heterocycles. The Morgan fingerprint density at radius 3 is 2.40 bits per heavy atom. The van der Waals surface area contributed by atoms with Gasteiger partial charge in [0, 0.05) is 19.7 Å². The molecule has 0 unspecified atom stereocenters. The van der Waals surface area contributed by atoms with E-state index in [-0.39, 0.29) is 15.4 Å². The first-order valence-corrected chi connectivity index (χ1v) is 8.87. The average molecular weight is 321 g/mol. The van der Waals surface area contributed by atoms with Crippen LogP contribution in [0.2, 0.25) is 0 Å². The fourth-order valence-corrected chi connectivity index (χ4v) is 5.29. The molecule has 20 heavy (non-hydrogen) atoms. The molecule has 1 aromatic rings. The van der Waals surface area contributed by atoms with Crippen LogP contribution in [0, 0.1) is 6.92 Å². The second kappa shape index (κ2) is 7.35. The van der Waals surface area contributed by atoms with E-state index < -0.39 is 10.0 Å². The van der Waals surface area contributed by atoms with Crippen molar-refractivity contribution in [3.63, 3.8) is 0 Å². The maximum absolute atomic E-state index is 12.8. The molecule has 0 radical (unpaired) electrons. The van der Waals surface area contributed by atoms with Gasteiger partial charge in [0.15, 0.2) is 9.34 Å². The van der Waals surface area contributed by atoms with Crippen LogP contribution in [0.15, 0.2) is 4.21 Å². The first-order chi connectivity index (χ1) is 9.38. The van der Waals surface area contributed by atoms with Crippen molar-refractivity contribution in [1.29, 1.82) is 0 Å². The van der Waals surface area contributed by atoms with Gasteiger partial charge in [0.2, 0.25) is 0 Å². The number of methoxy groups -OCH3 is 1. The van der Waals surface area contributed by atoms with Crippen molar-refractivity contribution in [2.75, 3.05) is 26.0 Å². The third kappa shape index (κ3) is 3.69. The lowest BCUT2D eigenvalue weighted by Gasteiger charge is -2.28. The van der Waals surface area contributed by atoms with Gasteiger partial charge in [-0.25, -0.2) is 13.4 Å². The Bertz CT molecular complexity index is 524. The van der Waals surface area contributed by atoms with Gasteiger partial charge in [0.25, 0.3) is 10.0 Å². The number of hydrogen-bond donors (Lipinski definition) is 1.